The fourth-order valence-electron chi connectivity index (χ4n) is 3.01. The Morgan fingerprint density at radius 3 is 2.05 bits per heavy atom. The van der Waals surface area contributed by atoms with Gasteiger partial charge in [-0.3, -0.25) is 4.79 Å². The Labute approximate surface area is 220 Å². The number of hydrogen-bond acceptors (Lipinski definition) is 6. The number of carbonyl (C=O) groups excluding carboxylic acids is 1. The minimum absolute atomic E-state index is 0.0887. The number of rotatable bonds is 8. The van der Waals surface area contributed by atoms with Crippen LogP contribution >= 0.6 is 0 Å². The van der Waals surface area contributed by atoms with Crippen molar-refractivity contribution in [3.8, 4) is 0 Å². The second-order valence-corrected chi connectivity index (χ2v) is 9.28. The quantitative estimate of drug-likeness (QED) is 0.243. The van der Waals surface area contributed by atoms with Gasteiger partial charge in [0, 0.05) is 30.2 Å². The Bertz CT molecular complexity index is 1200. The summed E-state index contributed by atoms with van der Waals surface area (Å²) in [7, 11) is 0. The molecule has 0 aliphatic heterocycles. The predicted octanol–water partition coefficient (Wildman–Crippen LogP) is 3.09. The number of carboxylic acid groups (broad SMARTS) is 2. The maximum Gasteiger partial charge on any atom is 0.433 e. The molecule has 0 saturated carbocycles. The van der Waals surface area contributed by atoms with Crippen LogP contribution in [-0.4, -0.2) is 55.8 Å². The first-order chi connectivity index (χ1) is 17.8. The number of halogens is 5. The number of aliphatic hydroxyl groups excluding tert-OH is 1. The van der Waals surface area contributed by atoms with Gasteiger partial charge in [-0.05, 0) is 63.1 Å². The van der Waals surface area contributed by atoms with Crippen molar-refractivity contribution in [3.05, 3.63) is 76.6 Å². The third-order valence-corrected chi connectivity index (χ3v) is 4.73. The van der Waals surface area contributed by atoms with Gasteiger partial charge < -0.3 is 26.4 Å². The number of amides is 1. The van der Waals surface area contributed by atoms with Crippen molar-refractivity contribution in [3.63, 3.8) is 0 Å². The largest absolute Gasteiger partial charge is 0.478 e. The van der Waals surface area contributed by atoms with E-state index in [1.807, 2.05) is 0 Å². The maximum absolute atomic E-state index is 13.8. The molecule has 0 unspecified atom stereocenters. The number of benzene rings is 1. The molecule has 0 saturated heterocycles. The lowest BCUT2D eigenvalue weighted by molar-refractivity contribution is -0.141. The van der Waals surface area contributed by atoms with E-state index in [4.69, 9.17) is 15.9 Å². The topological polar surface area (TPSA) is 163 Å². The van der Waals surface area contributed by atoms with Gasteiger partial charge in [-0.15, -0.1) is 0 Å². The number of alkyl halides is 3. The van der Waals surface area contributed by atoms with Gasteiger partial charge >= 0.3 is 18.1 Å². The normalized spacial score (nSPS) is 13.3. The van der Waals surface area contributed by atoms with E-state index in [0.717, 1.165) is 24.3 Å². The molecule has 1 heterocycles. The summed E-state index contributed by atoms with van der Waals surface area (Å²) in [5, 5.41) is 28.7. The van der Waals surface area contributed by atoms with Crippen LogP contribution in [0.1, 0.15) is 48.1 Å². The number of aliphatic carboxylic acids is 2. The molecule has 0 aliphatic rings. The molecule has 0 radical (unpaired) electrons. The maximum atomic E-state index is 13.8. The van der Waals surface area contributed by atoms with Crippen molar-refractivity contribution >= 4 is 17.8 Å². The molecule has 1 aromatic carbocycles. The van der Waals surface area contributed by atoms with E-state index in [-0.39, 0.29) is 23.2 Å². The summed E-state index contributed by atoms with van der Waals surface area (Å²) < 4.78 is 66.5. The summed E-state index contributed by atoms with van der Waals surface area (Å²) in [4.78, 5) is 35.2. The van der Waals surface area contributed by atoms with E-state index < -0.39 is 65.5 Å². The van der Waals surface area contributed by atoms with E-state index in [2.05, 4.69) is 10.3 Å². The molecule has 2 aromatic rings. The Hall–Kier alpha value is -3.91. The van der Waals surface area contributed by atoms with Gasteiger partial charge in [0.15, 0.2) is 0 Å². The highest BCUT2D eigenvalue weighted by Gasteiger charge is 2.34. The number of nitrogens with two attached hydrogens (primary N) is 1. The average Bonchev–Trinajstić information content (AvgIpc) is 2.78. The van der Waals surface area contributed by atoms with Gasteiger partial charge in [0.25, 0.3) is 5.91 Å². The average molecular weight is 562 g/mol. The fourth-order valence-corrected chi connectivity index (χ4v) is 3.01. The first-order valence-corrected chi connectivity index (χ1v) is 11.2. The van der Waals surface area contributed by atoms with Crippen LogP contribution in [-0.2, 0) is 28.6 Å². The SMILES string of the molecule is CC(C)(C)NC(=O)c1ccc(C(F)(F)F)nc1C[C@H](O)[C@H](N)Cc1cc(F)ccc1F.O=C(O)C=CC(=O)O. The molecule has 14 heteroatoms. The number of pyridine rings is 1. The van der Waals surface area contributed by atoms with Crippen molar-refractivity contribution in [2.75, 3.05) is 0 Å². The van der Waals surface area contributed by atoms with Crippen molar-refractivity contribution in [2.24, 2.45) is 5.73 Å². The van der Waals surface area contributed by atoms with Gasteiger partial charge in [-0.1, -0.05) is 0 Å². The number of aliphatic hydroxyl groups is 1. The highest BCUT2D eigenvalue weighted by Crippen LogP contribution is 2.29. The van der Waals surface area contributed by atoms with Crippen LogP contribution in [0.3, 0.4) is 0 Å². The molecule has 0 fully saturated rings. The van der Waals surface area contributed by atoms with Crippen molar-refractivity contribution in [1.82, 2.24) is 10.3 Å². The van der Waals surface area contributed by atoms with Crippen LogP contribution < -0.4 is 11.1 Å². The number of nitrogens with one attached hydrogen (secondary N) is 1. The lowest BCUT2D eigenvalue weighted by atomic mass is 9.96. The zero-order valence-corrected chi connectivity index (χ0v) is 21.1. The van der Waals surface area contributed by atoms with Crippen LogP contribution in [0.15, 0.2) is 42.5 Å². The lowest BCUT2D eigenvalue weighted by Gasteiger charge is -2.23. The van der Waals surface area contributed by atoms with Gasteiger partial charge in [0.05, 0.1) is 17.4 Å². The zero-order valence-electron chi connectivity index (χ0n) is 21.1. The Morgan fingerprint density at radius 1 is 1.00 bits per heavy atom. The summed E-state index contributed by atoms with van der Waals surface area (Å²) in [6, 6.07) is 3.27. The monoisotopic (exact) mass is 561 g/mol. The predicted molar refractivity (Wildman–Crippen MR) is 129 cm³/mol. The van der Waals surface area contributed by atoms with E-state index in [1.165, 1.54) is 0 Å². The number of carbonyl (C=O) groups is 3. The number of carboxylic acids is 2. The summed E-state index contributed by atoms with van der Waals surface area (Å²) in [6.45, 7) is 5.08. The molecular formula is C25H28F5N3O6. The lowest BCUT2D eigenvalue weighted by Crippen LogP contribution is -2.42. The molecular weight excluding hydrogens is 533 g/mol. The van der Waals surface area contributed by atoms with Crippen molar-refractivity contribution in [1.29, 1.82) is 0 Å². The summed E-state index contributed by atoms with van der Waals surface area (Å²) in [6.07, 6.45) is -5.88. The van der Waals surface area contributed by atoms with Gasteiger partial charge in [-0.2, -0.15) is 13.2 Å². The van der Waals surface area contributed by atoms with E-state index in [0.29, 0.717) is 18.2 Å². The molecule has 0 spiro atoms. The Balaban J connectivity index is 0.000000824. The molecule has 39 heavy (non-hydrogen) atoms. The first kappa shape index (κ1) is 33.1. The Morgan fingerprint density at radius 2 is 1.56 bits per heavy atom. The van der Waals surface area contributed by atoms with Crippen LogP contribution in [0.25, 0.3) is 0 Å². The molecule has 1 amide bonds. The summed E-state index contributed by atoms with van der Waals surface area (Å²) in [5.74, 6) is -4.61. The number of nitrogens with zero attached hydrogens (tertiary/aromatic N) is 1. The van der Waals surface area contributed by atoms with Crippen LogP contribution in [0.5, 0.6) is 0 Å². The molecule has 1 aromatic heterocycles. The standard InChI is InChI=1S/C21H24F5N3O2.C4H4O4/c1-20(2,3)29-19(31)13-5-7-18(21(24,25)26)28-16(13)10-17(30)15(27)9-11-8-12(22)4-6-14(11)23;5-3(6)1-2-4(7)8/h4-8,15,17,30H,9-10,27H2,1-3H3,(H,29,31);1-2H,(H,5,6)(H,7,8)/t15-,17+;/m1./s1. The van der Waals surface area contributed by atoms with E-state index in [1.54, 1.807) is 20.8 Å². The number of aromatic nitrogens is 1. The third-order valence-electron chi connectivity index (χ3n) is 4.73. The molecule has 6 N–H and O–H groups in total. The molecule has 214 valence electrons. The third kappa shape index (κ3) is 12.0. The second-order valence-electron chi connectivity index (χ2n) is 9.28. The van der Waals surface area contributed by atoms with E-state index >= 15 is 0 Å². The smallest absolute Gasteiger partial charge is 0.433 e. The summed E-state index contributed by atoms with van der Waals surface area (Å²) in [5.41, 5.74) is 3.44. The fraction of sp³-hybridized carbons (Fsp3) is 0.360. The first-order valence-electron chi connectivity index (χ1n) is 11.2. The molecule has 0 bridgehead atoms. The van der Waals surface area contributed by atoms with Gasteiger partial charge in [0.1, 0.15) is 17.3 Å². The van der Waals surface area contributed by atoms with Crippen molar-refractivity contribution in [2.45, 2.75) is 57.5 Å². The molecule has 2 atom stereocenters. The minimum Gasteiger partial charge on any atom is -0.478 e. The van der Waals surface area contributed by atoms with Gasteiger partial charge in [0.2, 0.25) is 0 Å². The highest BCUT2D eigenvalue weighted by molar-refractivity contribution is 5.95. The molecule has 2 rings (SSSR count). The number of hydrogen-bond donors (Lipinski definition) is 5. The highest BCUT2D eigenvalue weighted by atomic mass is 19.4. The minimum atomic E-state index is -4.76. The molecule has 0 aliphatic carbocycles. The van der Waals surface area contributed by atoms with Crippen LogP contribution in [0.2, 0.25) is 0 Å². The Kier molecular flexibility index (Phi) is 11.7. The van der Waals surface area contributed by atoms with Gasteiger partial charge in [-0.25, -0.2) is 23.4 Å². The zero-order chi connectivity index (χ0) is 30.1. The second kappa shape index (κ2) is 13.8. The summed E-state index contributed by atoms with van der Waals surface area (Å²) >= 11 is 0. The van der Waals surface area contributed by atoms with Crippen molar-refractivity contribution < 1.29 is 51.7 Å². The van der Waals surface area contributed by atoms with Crippen LogP contribution in [0, 0.1) is 11.6 Å². The van der Waals surface area contributed by atoms with Crippen LogP contribution in [0.4, 0.5) is 22.0 Å². The molecule has 9 nitrogen and oxygen atoms in total. The van der Waals surface area contributed by atoms with E-state index in [9.17, 15) is 41.4 Å².